The molecule has 2 aromatic carbocycles. The highest BCUT2D eigenvalue weighted by Gasteiger charge is 2.35. The lowest BCUT2D eigenvalue weighted by Gasteiger charge is -2.38. The monoisotopic (exact) mass is 406 g/mol. The number of aromatic nitrogens is 1. The molecule has 3 aromatic rings. The molecular weight excluding hydrogens is 376 g/mol. The molecule has 1 N–H and O–H groups in total. The number of nitrogens with one attached hydrogen (secondary N) is 1. The van der Waals surface area contributed by atoms with E-state index in [1.54, 1.807) is 7.11 Å². The van der Waals surface area contributed by atoms with Gasteiger partial charge >= 0.3 is 0 Å². The number of rotatable bonds is 6. The van der Waals surface area contributed by atoms with Crippen LogP contribution in [-0.4, -0.2) is 37.3 Å². The summed E-state index contributed by atoms with van der Waals surface area (Å²) in [6.07, 6.45) is 3.82. The lowest BCUT2D eigenvalue weighted by atomic mass is 9.74. The summed E-state index contributed by atoms with van der Waals surface area (Å²) < 4.78 is 13.1. The van der Waals surface area contributed by atoms with Crippen LogP contribution in [0.3, 0.4) is 0 Å². The van der Waals surface area contributed by atoms with Gasteiger partial charge in [0.15, 0.2) is 0 Å². The van der Waals surface area contributed by atoms with E-state index in [1.807, 2.05) is 30.3 Å². The third-order valence-corrected chi connectivity index (χ3v) is 6.30. The SMILES string of the molecule is COc1ccc(C2(CNC(=O)c3cccc4c3ccn4C(C)C)CCOCC2)cc1. The van der Waals surface area contributed by atoms with Crippen molar-refractivity contribution in [1.82, 2.24) is 9.88 Å². The second kappa shape index (κ2) is 8.52. The van der Waals surface area contributed by atoms with E-state index in [1.165, 1.54) is 5.56 Å². The standard InChI is InChI=1S/C25H30N2O3/c1-18(2)27-14-11-21-22(5-4-6-23(21)27)24(28)26-17-25(12-15-30-16-13-25)19-7-9-20(29-3)10-8-19/h4-11,14,18H,12-13,15-17H2,1-3H3,(H,26,28). The van der Waals surface area contributed by atoms with Crippen molar-refractivity contribution in [3.8, 4) is 5.75 Å². The third-order valence-electron chi connectivity index (χ3n) is 6.30. The smallest absolute Gasteiger partial charge is 0.251 e. The molecule has 1 amide bonds. The van der Waals surface area contributed by atoms with Gasteiger partial charge in [0.2, 0.25) is 0 Å². The van der Waals surface area contributed by atoms with Crippen LogP contribution in [0.2, 0.25) is 0 Å². The van der Waals surface area contributed by atoms with E-state index >= 15 is 0 Å². The predicted molar refractivity (Wildman–Crippen MR) is 119 cm³/mol. The number of carbonyl (C=O) groups is 1. The van der Waals surface area contributed by atoms with Crippen molar-refractivity contribution in [2.45, 2.75) is 38.1 Å². The van der Waals surface area contributed by atoms with Crippen LogP contribution in [0.4, 0.5) is 0 Å². The average molecular weight is 407 g/mol. The number of hydrogen-bond donors (Lipinski definition) is 1. The van der Waals surface area contributed by atoms with Crippen molar-refractivity contribution in [3.05, 3.63) is 65.9 Å². The van der Waals surface area contributed by atoms with Gasteiger partial charge in [0.05, 0.1) is 7.11 Å². The molecule has 0 spiro atoms. The molecule has 158 valence electrons. The highest BCUT2D eigenvalue weighted by molar-refractivity contribution is 6.06. The van der Waals surface area contributed by atoms with Crippen molar-refractivity contribution in [3.63, 3.8) is 0 Å². The first-order valence-electron chi connectivity index (χ1n) is 10.6. The molecule has 0 unspecified atom stereocenters. The minimum Gasteiger partial charge on any atom is -0.497 e. The number of carbonyl (C=O) groups excluding carboxylic acids is 1. The molecule has 2 heterocycles. The largest absolute Gasteiger partial charge is 0.497 e. The van der Waals surface area contributed by atoms with Crippen molar-refractivity contribution in [2.24, 2.45) is 0 Å². The van der Waals surface area contributed by atoms with E-state index in [4.69, 9.17) is 9.47 Å². The molecule has 1 aliphatic rings. The second-order valence-electron chi connectivity index (χ2n) is 8.36. The number of fused-ring (bicyclic) bond motifs is 1. The number of benzene rings is 2. The summed E-state index contributed by atoms with van der Waals surface area (Å²) in [5.41, 5.74) is 2.91. The van der Waals surface area contributed by atoms with Crippen LogP contribution in [0.25, 0.3) is 10.9 Å². The molecule has 0 saturated carbocycles. The van der Waals surface area contributed by atoms with Crippen LogP contribution in [0.1, 0.15) is 48.7 Å². The normalized spacial score (nSPS) is 16.0. The van der Waals surface area contributed by atoms with Gasteiger partial charge < -0.3 is 19.4 Å². The molecule has 1 fully saturated rings. The number of nitrogens with zero attached hydrogens (tertiary/aromatic N) is 1. The minimum atomic E-state index is -0.127. The Hall–Kier alpha value is -2.79. The van der Waals surface area contributed by atoms with Gasteiger partial charge in [-0.3, -0.25) is 4.79 Å². The maximum Gasteiger partial charge on any atom is 0.251 e. The van der Waals surface area contributed by atoms with Crippen molar-refractivity contribution in [1.29, 1.82) is 0 Å². The average Bonchev–Trinajstić information content (AvgIpc) is 3.23. The van der Waals surface area contributed by atoms with E-state index in [2.05, 4.69) is 48.1 Å². The van der Waals surface area contributed by atoms with Gasteiger partial charge in [-0.2, -0.15) is 0 Å². The number of methoxy groups -OCH3 is 1. The summed E-state index contributed by atoms with van der Waals surface area (Å²) in [6, 6.07) is 16.5. The highest BCUT2D eigenvalue weighted by atomic mass is 16.5. The van der Waals surface area contributed by atoms with Crippen LogP contribution in [0.5, 0.6) is 5.75 Å². The maximum absolute atomic E-state index is 13.2. The van der Waals surface area contributed by atoms with Crippen LogP contribution in [0.15, 0.2) is 54.7 Å². The molecule has 0 atom stereocenters. The first-order chi connectivity index (χ1) is 14.5. The van der Waals surface area contributed by atoms with Crippen LogP contribution in [-0.2, 0) is 10.2 Å². The Morgan fingerprint density at radius 2 is 1.87 bits per heavy atom. The van der Waals surface area contributed by atoms with Gasteiger partial charge in [-0.25, -0.2) is 0 Å². The molecule has 0 radical (unpaired) electrons. The third kappa shape index (κ3) is 3.82. The minimum absolute atomic E-state index is 0.0264. The molecule has 1 aromatic heterocycles. The van der Waals surface area contributed by atoms with E-state index in [9.17, 15) is 4.79 Å². The molecule has 1 saturated heterocycles. The van der Waals surface area contributed by atoms with Gasteiger partial charge in [-0.1, -0.05) is 18.2 Å². The molecule has 5 heteroatoms. The first-order valence-corrected chi connectivity index (χ1v) is 10.6. The Kier molecular flexibility index (Phi) is 5.82. The predicted octanol–water partition coefficient (Wildman–Crippen LogP) is 4.71. The molecule has 4 rings (SSSR count). The highest BCUT2D eigenvalue weighted by Crippen LogP contribution is 2.35. The molecule has 30 heavy (non-hydrogen) atoms. The summed E-state index contributed by atoms with van der Waals surface area (Å²) in [7, 11) is 1.67. The van der Waals surface area contributed by atoms with E-state index in [-0.39, 0.29) is 11.3 Å². The van der Waals surface area contributed by atoms with E-state index in [0.29, 0.717) is 25.8 Å². The van der Waals surface area contributed by atoms with Crippen molar-refractivity contribution in [2.75, 3.05) is 26.9 Å². The lowest BCUT2D eigenvalue weighted by Crippen LogP contribution is -2.44. The summed E-state index contributed by atoms with van der Waals surface area (Å²) in [6.45, 7) is 6.29. The maximum atomic E-state index is 13.2. The Labute approximate surface area is 178 Å². The molecule has 5 nitrogen and oxygen atoms in total. The van der Waals surface area contributed by atoms with Gasteiger partial charge in [0.25, 0.3) is 5.91 Å². The van der Waals surface area contributed by atoms with E-state index in [0.717, 1.165) is 35.1 Å². The van der Waals surface area contributed by atoms with E-state index < -0.39 is 0 Å². The molecular formula is C25H30N2O3. The summed E-state index contributed by atoms with van der Waals surface area (Å²) in [4.78, 5) is 13.2. The number of hydrogen-bond acceptors (Lipinski definition) is 3. The number of amides is 1. The first kappa shape index (κ1) is 20.5. The Balaban J connectivity index is 1.58. The number of ether oxygens (including phenoxy) is 2. The fourth-order valence-corrected chi connectivity index (χ4v) is 4.46. The van der Waals surface area contributed by atoms with Gasteiger partial charge in [-0.05, 0) is 62.6 Å². The zero-order valence-corrected chi connectivity index (χ0v) is 18.0. The molecule has 0 aliphatic carbocycles. The van der Waals surface area contributed by atoms with Gasteiger partial charge in [0, 0.05) is 53.9 Å². The molecule has 0 bridgehead atoms. The lowest BCUT2D eigenvalue weighted by molar-refractivity contribution is 0.0487. The van der Waals surface area contributed by atoms with Gasteiger partial charge in [0.1, 0.15) is 5.75 Å². The van der Waals surface area contributed by atoms with Crippen molar-refractivity contribution < 1.29 is 14.3 Å². The topological polar surface area (TPSA) is 52.5 Å². The van der Waals surface area contributed by atoms with Gasteiger partial charge in [-0.15, -0.1) is 0 Å². The van der Waals surface area contributed by atoms with Crippen LogP contribution >= 0.6 is 0 Å². The fourth-order valence-electron chi connectivity index (χ4n) is 4.46. The molecule has 1 aliphatic heterocycles. The Morgan fingerprint density at radius 3 is 2.53 bits per heavy atom. The second-order valence-corrected chi connectivity index (χ2v) is 8.36. The van der Waals surface area contributed by atoms with Crippen LogP contribution < -0.4 is 10.1 Å². The summed E-state index contributed by atoms with van der Waals surface area (Å²) >= 11 is 0. The quantitative estimate of drug-likeness (QED) is 0.645. The Morgan fingerprint density at radius 1 is 1.13 bits per heavy atom. The zero-order valence-electron chi connectivity index (χ0n) is 18.0. The van der Waals surface area contributed by atoms with Crippen molar-refractivity contribution >= 4 is 16.8 Å². The summed E-state index contributed by atoms with van der Waals surface area (Å²) in [5.74, 6) is 0.813. The fraction of sp³-hybridized carbons (Fsp3) is 0.400. The van der Waals surface area contributed by atoms with Crippen LogP contribution in [0, 0.1) is 0 Å². The summed E-state index contributed by atoms with van der Waals surface area (Å²) in [5, 5.41) is 4.23. The Bertz CT molecular complexity index is 1010. The zero-order chi connectivity index (χ0) is 21.1.